The Bertz CT molecular complexity index is 281. The number of carboxylic acid groups (broad SMARTS) is 1. The third-order valence-corrected chi connectivity index (χ3v) is 3.22. The molecule has 0 aromatic heterocycles. The van der Waals surface area contributed by atoms with Crippen molar-refractivity contribution in [3.05, 3.63) is 0 Å². The minimum atomic E-state index is -0.873. The van der Waals surface area contributed by atoms with E-state index in [1.54, 1.807) is 6.92 Å². The highest BCUT2D eigenvalue weighted by atomic mass is 16.4. The topological polar surface area (TPSA) is 69.6 Å². The van der Waals surface area contributed by atoms with E-state index in [-0.39, 0.29) is 12.5 Å². The largest absolute Gasteiger partial charge is 0.481 e. The third kappa shape index (κ3) is 5.17. The highest BCUT2D eigenvalue weighted by Gasteiger charge is 2.20. The van der Waals surface area contributed by atoms with E-state index in [1.165, 1.54) is 0 Å². The van der Waals surface area contributed by atoms with Crippen LogP contribution >= 0.6 is 0 Å². The van der Waals surface area contributed by atoms with Crippen molar-refractivity contribution in [1.29, 1.82) is 0 Å². The van der Waals surface area contributed by atoms with E-state index in [1.807, 2.05) is 0 Å². The fraction of sp³-hybridized carbons (Fsp3) is 0.833. The van der Waals surface area contributed by atoms with Gasteiger partial charge < -0.3 is 15.3 Å². The third-order valence-electron chi connectivity index (χ3n) is 3.22. The molecule has 2 N–H and O–H groups in total. The first kappa shape index (κ1) is 14.0. The summed E-state index contributed by atoms with van der Waals surface area (Å²) in [4.78, 5) is 24.4. The summed E-state index contributed by atoms with van der Waals surface area (Å²) in [7, 11) is 2.07. The van der Waals surface area contributed by atoms with Gasteiger partial charge in [0.05, 0.1) is 5.92 Å². The van der Waals surface area contributed by atoms with Crippen LogP contribution in [0.3, 0.4) is 0 Å². The summed E-state index contributed by atoms with van der Waals surface area (Å²) >= 11 is 0. The number of carboxylic acids is 1. The molecule has 1 saturated heterocycles. The predicted molar refractivity (Wildman–Crippen MR) is 64.6 cm³/mol. The van der Waals surface area contributed by atoms with Gasteiger partial charge in [0.15, 0.2) is 0 Å². The summed E-state index contributed by atoms with van der Waals surface area (Å²) in [5.74, 6) is -1.01. The van der Waals surface area contributed by atoms with Gasteiger partial charge in [-0.2, -0.15) is 0 Å². The highest BCUT2D eigenvalue weighted by Crippen LogP contribution is 2.18. The van der Waals surface area contributed by atoms with Crippen LogP contribution in [0.15, 0.2) is 0 Å². The number of carbonyl (C=O) groups excluding carboxylic acids is 1. The van der Waals surface area contributed by atoms with E-state index >= 15 is 0 Å². The number of piperidine rings is 1. The number of hydrogen-bond donors (Lipinski definition) is 2. The molecular formula is C12H22N2O3. The number of carbonyl (C=O) groups is 2. The lowest BCUT2D eigenvalue weighted by atomic mass is 9.95. The van der Waals surface area contributed by atoms with Crippen LogP contribution in [0.5, 0.6) is 0 Å². The SMILES string of the molecule is CC(CNC(=O)CC1CCCN(C)C1)C(=O)O. The summed E-state index contributed by atoms with van der Waals surface area (Å²) in [5.41, 5.74) is 0. The maximum Gasteiger partial charge on any atom is 0.308 e. The molecule has 0 aromatic carbocycles. The Kier molecular flexibility index (Phi) is 5.41. The number of nitrogens with one attached hydrogen (secondary N) is 1. The molecule has 1 aliphatic heterocycles. The molecule has 0 spiro atoms. The van der Waals surface area contributed by atoms with Gasteiger partial charge in [0.25, 0.3) is 0 Å². The van der Waals surface area contributed by atoms with Gasteiger partial charge in [0, 0.05) is 19.5 Å². The standard InChI is InChI=1S/C12H22N2O3/c1-9(12(16)17)7-13-11(15)6-10-4-3-5-14(2)8-10/h9-10H,3-8H2,1-2H3,(H,13,15)(H,16,17). The van der Waals surface area contributed by atoms with Crippen LogP contribution in [0.25, 0.3) is 0 Å². The van der Waals surface area contributed by atoms with Gasteiger partial charge in [0.2, 0.25) is 5.91 Å². The van der Waals surface area contributed by atoms with E-state index in [0.717, 1.165) is 25.9 Å². The molecule has 98 valence electrons. The van der Waals surface area contributed by atoms with Crippen molar-refractivity contribution < 1.29 is 14.7 Å². The fourth-order valence-corrected chi connectivity index (χ4v) is 2.13. The van der Waals surface area contributed by atoms with Crippen LogP contribution in [-0.2, 0) is 9.59 Å². The first-order valence-corrected chi connectivity index (χ1v) is 6.17. The molecular weight excluding hydrogens is 220 g/mol. The van der Waals surface area contributed by atoms with Crippen LogP contribution in [0.4, 0.5) is 0 Å². The van der Waals surface area contributed by atoms with E-state index < -0.39 is 11.9 Å². The quantitative estimate of drug-likeness (QED) is 0.739. The van der Waals surface area contributed by atoms with Crippen LogP contribution in [0.1, 0.15) is 26.2 Å². The first-order chi connectivity index (χ1) is 7.99. The molecule has 0 aliphatic carbocycles. The van der Waals surface area contributed by atoms with Gasteiger partial charge in [-0.25, -0.2) is 0 Å². The molecule has 0 aromatic rings. The zero-order valence-electron chi connectivity index (χ0n) is 10.6. The van der Waals surface area contributed by atoms with Gasteiger partial charge in [0.1, 0.15) is 0 Å². The Morgan fingerprint density at radius 1 is 1.53 bits per heavy atom. The minimum absolute atomic E-state index is 0.0293. The zero-order chi connectivity index (χ0) is 12.8. The van der Waals surface area contributed by atoms with Gasteiger partial charge in [-0.15, -0.1) is 0 Å². The monoisotopic (exact) mass is 242 g/mol. The number of amides is 1. The van der Waals surface area contributed by atoms with Crippen molar-refractivity contribution in [3.63, 3.8) is 0 Å². The maximum absolute atomic E-state index is 11.6. The van der Waals surface area contributed by atoms with Crippen LogP contribution in [0.2, 0.25) is 0 Å². The zero-order valence-corrected chi connectivity index (χ0v) is 10.6. The normalized spacial score (nSPS) is 23.1. The molecule has 17 heavy (non-hydrogen) atoms. The Morgan fingerprint density at radius 2 is 2.24 bits per heavy atom. The first-order valence-electron chi connectivity index (χ1n) is 6.17. The molecule has 1 heterocycles. The fourth-order valence-electron chi connectivity index (χ4n) is 2.13. The van der Waals surface area contributed by atoms with Crippen molar-refractivity contribution >= 4 is 11.9 Å². The van der Waals surface area contributed by atoms with Crippen LogP contribution in [0, 0.1) is 11.8 Å². The molecule has 1 rings (SSSR count). The summed E-state index contributed by atoms with van der Waals surface area (Å²) < 4.78 is 0. The number of hydrogen-bond acceptors (Lipinski definition) is 3. The van der Waals surface area contributed by atoms with Gasteiger partial charge in [-0.3, -0.25) is 9.59 Å². The molecule has 1 amide bonds. The lowest BCUT2D eigenvalue weighted by Crippen LogP contribution is -2.37. The molecule has 0 saturated carbocycles. The van der Waals surface area contributed by atoms with Gasteiger partial charge in [-0.1, -0.05) is 6.92 Å². The number of rotatable bonds is 5. The van der Waals surface area contributed by atoms with Crippen molar-refractivity contribution in [2.75, 3.05) is 26.7 Å². The molecule has 1 fully saturated rings. The van der Waals surface area contributed by atoms with E-state index in [9.17, 15) is 9.59 Å². The lowest BCUT2D eigenvalue weighted by Gasteiger charge is -2.29. The van der Waals surface area contributed by atoms with Crippen LogP contribution in [-0.4, -0.2) is 48.6 Å². The lowest BCUT2D eigenvalue weighted by molar-refractivity contribution is -0.141. The number of likely N-dealkylation sites (tertiary alicyclic amines) is 1. The second-order valence-electron chi connectivity index (χ2n) is 5.02. The van der Waals surface area contributed by atoms with E-state index in [0.29, 0.717) is 12.3 Å². The number of aliphatic carboxylic acids is 1. The average Bonchev–Trinajstić information content (AvgIpc) is 2.25. The van der Waals surface area contributed by atoms with Gasteiger partial charge in [-0.05, 0) is 32.4 Å². The molecule has 0 radical (unpaired) electrons. The molecule has 1 aliphatic rings. The molecule has 0 bridgehead atoms. The Balaban J connectivity index is 2.22. The van der Waals surface area contributed by atoms with Crippen molar-refractivity contribution in [3.8, 4) is 0 Å². The smallest absolute Gasteiger partial charge is 0.308 e. The summed E-state index contributed by atoms with van der Waals surface area (Å²) in [6.07, 6.45) is 2.74. The number of nitrogens with zero attached hydrogens (tertiary/aromatic N) is 1. The summed E-state index contributed by atoms with van der Waals surface area (Å²) in [6.45, 7) is 3.88. The molecule has 5 nitrogen and oxygen atoms in total. The Morgan fingerprint density at radius 3 is 2.82 bits per heavy atom. The van der Waals surface area contributed by atoms with Gasteiger partial charge >= 0.3 is 5.97 Å². The molecule has 2 atom stereocenters. The van der Waals surface area contributed by atoms with Crippen molar-refractivity contribution in [2.24, 2.45) is 11.8 Å². The Labute approximate surface area is 102 Å². The summed E-state index contributed by atoms with van der Waals surface area (Å²) in [5, 5.41) is 11.4. The second kappa shape index (κ2) is 6.59. The Hall–Kier alpha value is -1.10. The van der Waals surface area contributed by atoms with Crippen molar-refractivity contribution in [1.82, 2.24) is 10.2 Å². The van der Waals surface area contributed by atoms with E-state index in [4.69, 9.17) is 5.11 Å². The molecule has 2 unspecified atom stereocenters. The summed E-state index contributed by atoms with van der Waals surface area (Å²) in [6, 6.07) is 0. The molecule has 5 heteroatoms. The van der Waals surface area contributed by atoms with Crippen molar-refractivity contribution in [2.45, 2.75) is 26.2 Å². The minimum Gasteiger partial charge on any atom is -0.481 e. The second-order valence-corrected chi connectivity index (χ2v) is 5.02. The van der Waals surface area contributed by atoms with E-state index in [2.05, 4.69) is 17.3 Å². The van der Waals surface area contributed by atoms with Crippen LogP contribution < -0.4 is 5.32 Å². The predicted octanol–water partition coefficient (Wildman–Crippen LogP) is 0.555. The maximum atomic E-state index is 11.6. The highest BCUT2D eigenvalue weighted by molar-refractivity contribution is 5.77. The average molecular weight is 242 g/mol.